The summed E-state index contributed by atoms with van der Waals surface area (Å²) in [6.45, 7) is 26.8. The fourth-order valence-electron chi connectivity index (χ4n) is 4.70. The van der Waals surface area contributed by atoms with Gasteiger partial charge in [0.2, 0.25) is 8.32 Å². The lowest BCUT2D eigenvalue weighted by Gasteiger charge is -2.46. The van der Waals surface area contributed by atoms with Gasteiger partial charge in [-0.15, -0.1) is 0 Å². The van der Waals surface area contributed by atoms with Crippen LogP contribution in [0.5, 0.6) is 0 Å². The van der Waals surface area contributed by atoms with Crippen LogP contribution in [0, 0.1) is 11.8 Å². The first-order chi connectivity index (χ1) is 13.3. The third-order valence-electron chi connectivity index (χ3n) is 6.27. The third kappa shape index (κ3) is 7.71. The summed E-state index contributed by atoms with van der Waals surface area (Å²) in [6, 6.07) is 0. The molecule has 0 rings (SSSR count). The third-order valence-corrected chi connectivity index (χ3v) is 12.3. The number of carbonyl (C=O) groups excluding carboxylic acids is 1. The summed E-state index contributed by atoms with van der Waals surface area (Å²) >= 11 is 0. The predicted molar refractivity (Wildman–Crippen MR) is 129 cm³/mol. The highest BCUT2D eigenvalue weighted by atomic mass is 28.4. The Bertz CT molecular complexity index is 539. The smallest absolute Gasteiger partial charge is 0.333 e. The van der Waals surface area contributed by atoms with E-state index in [0.717, 1.165) is 6.42 Å². The molecule has 4 heteroatoms. The largest absolute Gasteiger partial charge is 0.463 e. The summed E-state index contributed by atoms with van der Waals surface area (Å²) in [4.78, 5) is 12.2. The minimum Gasteiger partial charge on any atom is -0.463 e. The van der Waals surface area contributed by atoms with E-state index in [1.807, 2.05) is 19.9 Å². The number of ether oxygens (including phenoxy) is 1. The lowest BCUT2D eigenvalue weighted by molar-refractivity contribution is -0.138. The van der Waals surface area contributed by atoms with Crippen molar-refractivity contribution in [2.45, 2.75) is 112 Å². The lowest BCUT2D eigenvalue weighted by Crippen LogP contribution is -2.51. The molecule has 0 aromatic rings. The van der Waals surface area contributed by atoms with Crippen molar-refractivity contribution in [2.75, 3.05) is 6.61 Å². The van der Waals surface area contributed by atoms with E-state index in [0.29, 0.717) is 34.7 Å². The van der Waals surface area contributed by atoms with Gasteiger partial charge in [-0.1, -0.05) is 80.9 Å². The van der Waals surface area contributed by atoms with Gasteiger partial charge >= 0.3 is 5.97 Å². The molecule has 0 unspecified atom stereocenters. The second kappa shape index (κ2) is 12.7. The molecular weight excluding hydrogens is 376 g/mol. The van der Waals surface area contributed by atoms with Gasteiger partial charge in [-0.2, -0.15) is 0 Å². The Hall–Kier alpha value is -0.873. The van der Waals surface area contributed by atoms with Gasteiger partial charge in [-0.3, -0.25) is 0 Å². The molecule has 170 valence electrons. The van der Waals surface area contributed by atoms with Crippen LogP contribution >= 0.6 is 0 Å². The second-order valence-corrected chi connectivity index (χ2v) is 15.0. The molecule has 0 aliphatic rings. The molecule has 3 atom stereocenters. The van der Waals surface area contributed by atoms with Crippen LogP contribution in [-0.2, 0) is 14.0 Å². The maximum atomic E-state index is 12.2. The molecule has 0 saturated carbocycles. The van der Waals surface area contributed by atoms with Crippen LogP contribution in [0.1, 0.15) is 89.5 Å². The Labute approximate surface area is 182 Å². The zero-order valence-electron chi connectivity index (χ0n) is 21.3. The van der Waals surface area contributed by atoms with Gasteiger partial charge in [0.05, 0.1) is 12.7 Å². The Morgan fingerprint density at radius 1 is 0.862 bits per heavy atom. The summed E-state index contributed by atoms with van der Waals surface area (Å²) in [5.74, 6) is 0.376. The quantitative estimate of drug-likeness (QED) is 0.139. The van der Waals surface area contributed by atoms with E-state index in [9.17, 15) is 4.79 Å². The number of hydrogen-bond donors (Lipinski definition) is 0. The van der Waals surface area contributed by atoms with Crippen molar-refractivity contribution in [3.8, 4) is 0 Å². The SMILES string of the molecule is CCOC(=O)/C(C)=C/[C@@H](C)[C@@H](O[Si](C(C)C)(C(C)C)C(C)C)/C(C)=C/[C@@H](C)CC. The van der Waals surface area contributed by atoms with Gasteiger partial charge < -0.3 is 9.16 Å². The molecule has 0 aromatic carbocycles. The number of carbonyl (C=O) groups is 1. The summed E-state index contributed by atoms with van der Waals surface area (Å²) in [5.41, 5.74) is 3.49. The average molecular weight is 425 g/mol. The maximum Gasteiger partial charge on any atom is 0.333 e. The zero-order chi connectivity index (χ0) is 22.9. The maximum absolute atomic E-state index is 12.2. The molecule has 0 spiro atoms. The highest BCUT2D eigenvalue weighted by Gasteiger charge is 2.47. The first-order valence-electron chi connectivity index (χ1n) is 11.6. The minimum atomic E-state index is -2.06. The van der Waals surface area contributed by atoms with E-state index in [1.165, 1.54) is 5.57 Å². The van der Waals surface area contributed by atoms with Crippen LogP contribution in [0.4, 0.5) is 0 Å². The average Bonchev–Trinajstić information content (AvgIpc) is 2.61. The van der Waals surface area contributed by atoms with E-state index < -0.39 is 8.32 Å². The Morgan fingerprint density at radius 2 is 1.34 bits per heavy atom. The van der Waals surface area contributed by atoms with Crippen LogP contribution in [0.25, 0.3) is 0 Å². The highest BCUT2D eigenvalue weighted by molar-refractivity contribution is 6.77. The van der Waals surface area contributed by atoms with Crippen molar-refractivity contribution in [3.05, 3.63) is 23.3 Å². The van der Waals surface area contributed by atoms with Gasteiger partial charge in [0.25, 0.3) is 0 Å². The Kier molecular flexibility index (Phi) is 12.4. The normalized spacial score (nSPS) is 17.1. The highest BCUT2D eigenvalue weighted by Crippen LogP contribution is 2.44. The van der Waals surface area contributed by atoms with Crippen molar-refractivity contribution in [2.24, 2.45) is 11.8 Å². The Balaban J connectivity index is 6.22. The monoisotopic (exact) mass is 424 g/mol. The van der Waals surface area contributed by atoms with Crippen molar-refractivity contribution in [1.82, 2.24) is 0 Å². The zero-order valence-corrected chi connectivity index (χ0v) is 22.3. The van der Waals surface area contributed by atoms with Crippen molar-refractivity contribution < 1.29 is 14.0 Å². The molecule has 3 nitrogen and oxygen atoms in total. The van der Waals surface area contributed by atoms with Crippen LogP contribution < -0.4 is 0 Å². The summed E-state index contributed by atoms with van der Waals surface area (Å²) in [7, 11) is -2.06. The topological polar surface area (TPSA) is 35.5 Å². The molecular formula is C25H48O3Si. The van der Waals surface area contributed by atoms with Gasteiger partial charge in [0.15, 0.2) is 0 Å². The van der Waals surface area contributed by atoms with E-state index in [4.69, 9.17) is 9.16 Å². The molecule has 0 aliphatic carbocycles. The lowest BCUT2D eigenvalue weighted by atomic mass is 9.93. The molecule has 0 aromatic heterocycles. The number of rotatable bonds is 12. The molecule has 0 saturated heterocycles. The first-order valence-corrected chi connectivity index (χ1v) is 13.7. The van der Waals surface area contributed by atoms with Gasteiger partial charge in [0.1, 0.15) is 0 Å². The molecule has 29 heavy (non-hydrogen) atoms. The van der Waals surface area contributed by atoms with Crippen molar-refractivity contribution in [1.29, 1.82) is 0 Å². The van der Waals surface area contributed by atoms with Gasteiger partial charge in [-0.25, -0.2) is 4.79 Å². The van der Waals surface area contributed by atoms with Gasteiger partial charge in [-0.05, 0) is 48.9 Å². The fourth-order valence-corrected chi connectivity index (χ4v) is 10.4. The predicted octanol–water partition coefficient (Wildman–Crippen LogP) is 7.69. The molecule has 0 N–H and O–H groups in total. The summed E-state index contributed by atoms with van der Waals surface area (Å²) in [6.07, 6.45) is 5.48. The van der Waals surface area contributed by atoms with E-state index in [-0.39, 0.29) is 18.0 Å². The summed E-state index contributed by atoms with van der Waals surface area (Å²) in [5, 5.41) is 0. The van der Waals surface area contributed by atoms with Crippen LogP contribution in [0.15, 0.2) is 23.3 Å². The molecule has 0 aliphatic heterocycles. The van der Waals surface area contributed by atoms with Gasteiger partial charge in [0, 0.05) is 11.5 Å². The molecule has 0 radical (unpaired) electrons. The van der Waals surface area contributed by atoms with Crippen LogP contribution in [-0.4, -0.2) is 27.0 Å². The number of hydrogen-bond acceptors (Lipinski definition) is 3. The first kappa shape index (κ1) is 28.1. The van der Waals surface area contributed by atoms with E-state index in [1.54, 1.807) is 0 Å². The van der Waals surface area contributed by atoms with Crippen LogP contribution in [0.3, 0.4) is 0 Å². The van der Waals surface area contributed by atoms with Crippen LogP contribution in [0.2, 0.25) is 16.6 Å². The minimum absolute atomic E-state index is 0.0211. The number of allylic oxidation sites excluding steroid dienone is 1. The van der Waals surface area contributed by atoms with E-state index in [2.05, 4.69) is 75.3 Å². The molecule has 0 amide bonds. The molecule has 0 heterocycles. The number of esters is 1. The van der Waals surface area contributed by atoms with E-state index >= 15 is 0 Å². The molecule has 0 fully saturated rings. The molecule has 0 bridgehead atoms. The second-order valence-electron chi connectivity index (χ2n) is 9.58. The summed E-state index contributed by atoms with van der Waals surface area (Å²) < 4.78 is 12.4. The Morgan fingerprint density at radius 3 is 1.72 bits per heavy atom. The van der Waals surface area contributed by atoms with Crippen molar-refractivity contribution in [3.63, 3.8) is 0 Å². The standard InChI is InChI=1S/C25H48O3Si/c1-13-20(9)15-21(10)24(22(11)16-23(12)25(26)27-14-2)28-29(17(3)4,18(5)6)19(7)8/h15-20,22,24H,13-14H2,1-12H3/b21-15+,23-16+/t20-,22+,24-/m0/s1. The van der Waals surface area contributed by atoms with Crippen molar-refractivity contribution >= 4 is 14.3 Å². The fraction of sp³-hybridized carbons (Fsp3) is 0.800.